The molecular weight excluding hydrogens is 438 g/mol. The number of fused-ring (bicyclic) bond motifs is 2. The average molecular weight is 459 g/mol. The van der Waals surface area contributed by atoms with Gasteiger partial charge in [-0.1, -0.05) is 11.6 Å². The molecule has 0 radical (unpaired) electrons. The van der Waals surface area contributed by atoms with Crippen LogP contribution in [0.1, 0.15) is 20.3 Å². The lowest BCUT2D eigenvalue weighted by Gasteiger charge is -2.26. The van der Waals surface area contributed by atoms with Crippen LogP contribution in [-0.2, 0) is 4.79 Å². The van der Waals surface area contributed by atoms with Gasteiger partial charge in [0.25, 0.3) is 0 Å². The summed E-state index contributed by atoms with van der Waals surface area (Å²) in [6.07, 6.45) is 4.18. The van der Waals surface area contributed by atoms with E-state index in [2.05, 4.69) is 20.5 Å². The maximum absolute atomic E-state index is 15.4. The van der Waals surface area contributed by atoms with Gasteiger partial charge in [-0.05, 0) is 32.4 Å². The minimum absolute atomic E-state index is 0.00267. The third kappa shape index (κ3) is 3.28. The molecule has 0 saturated heterocycles. The Hall–Kier alpha value is -3.20. The molecular formula is C22H21ClF2N6O. The molecule has 3 heterocycles. The number of alkyl halides is 1. The van der Waals surface area contributed by atoms with Crippen LogP contribution >= 0.6 is 11.6 Å². The number of halogens is 3. The van der Waals surface area contributed by atoms with Crippen molar-refractivity contribution in [3.8, 4) is 11.1 Å². The van der Waals surface area contributed by atoms with E-state index in [9.17, 15) is 9.18 Å². The van der Waals surface area contributed by atoms with E-state index in [4.69, 9.17) is 11.6 Å². The fourth-order valence-corrected chi connectivity index (χ4v) is 4.12. The second kappa shape index (κ2) is 7.44. The number of nitrogens with one attached hydrogen (secondary N) is 2. The van der Waals surface area contributed by atoms with Gasteiger partial charge in [0.1, 0.15) is 17.5 Å². The minimum Gasteiger partial charge on any atom is -0.368 e. The number of anilines is 2. The van der Waals surface area contributed by atoms with E-state index in [0.29, 0.717) is 39.2 Å². The molecule has 2 N–H and O–H groups in total. The molecule has 0 unspecified atom stereocenters. The number of carbonyl (C=O) groups excluding carboxylic acids is 1. The van der Waals surface area contributed by atoms with Crippen LogP contribution in [0.2, 0.25) is 5.02 Å². The molecule has 10 heteroatoms. The lowest BCUT2D eigenvalue weighted by molar-refractivity contribution is -0.117. The molecule has 166 valence electrons. The van der Waals surface area contributed by atoms with E-state index >= 15 is 4.39 Å². The first-order valence-corrected chi connectivity index (χ1v) is 10.6. The molecule has 5 rings (SSSR count). The zero-order chi connectivity index (χ0) is 22.7. The Morgan fingerprint density at radius 1 is 1.38 bits per heavy atom. The van der Waals surface area contributed by atoms with E-state index < -0.39 is 17.9 Å². The maximum Gasteiger partial charge on any atom is 0.231 e. The lowest BCUT2D eigenvalue weighted by Crippen LogP contribution is -2.27. The van der Waals surface area contributed by atoms with Crippen molar-refractivity contribution >= 4 is 45.6 Å². The van der Waals surface area contributed by atoms with Crippen LogP contribution in [0.3, 0.4) is 0 Å². The zero-order valence-electron chi connectivity index (χ0n) is 17.7. The molecule has 7 nitrogen and oxygen atoms in total. The SMILES string of the molecule is CC(C)N(C)c1c(F)c(Cl)c(-c2ccc3nc(NC(=O)[C@@H]4C[C@@H]4F)cn3c2)c2cn[nH]c12. The predicted octanol–water partition coefficient (Wildman–Crippen LogP) is 4.81. The first kappa shape index (κ1) is 20.7. The Balaban J connectivity index is 1.58. The number of amides is 1. The number of imidazole rings is 1. The first-order chi connectivity index (χ1) is 15.3. The summed E-state index contributed by atoms with van der Waals surface area (Å²) >= 11 is 6.54. The molecule has 0 aliphatic heterocycles. The number of H-pyrrole nitrogens is 1. The van der Waals surface area contributed by atoms with Gasteiger partial charge in [-0.3, -0.25) is 9.89 Å². The second-order valence-electron chi connectivity index (χ2n) is 8.37. The van der Waals surface area contributed by atoms with Crippen molar-refractivity contribution in [1.29, 1.82) is 0 Å². The summed E-state index contributed by atoms with van der Waals surface area (Å²) < 4.78 is 30.3. The number of rotatable bonds is 5. The number of pyridine rings is 1. The van der Waals surface area contributed by atoms with Crippen LogP contribution < -0.4 is 10.2 Å². The predicted molar refractivity (Wildman–Crippen MR) is 120 cm³/mol. The molecule has 1 aromatic carbocycles. The van der Waals surface area contributed by atoms with Gasteiger partial charge in [0, 0.05) is 35.8 Å². The monoisotopic (exact) mass is 458 g/mol. The fraction of sp³-hybridized carbons (Fsp3) is 0.318. The van der Waals surface area contributed by atoms with Gasteiger partial charge in [0.15, 0.2) is 11.6 Å². The van der Waals surface area contributed by atoms with Crippen LogP contribution in [0.25, 0.3) is 27.7 Å². The highest BCUT2D eigenvalue weighted by Crippen LogP contribution is 2.43. The molecule has 2 atom stereocenters. The van der Waals surface area contributed by atoms with Gasteiger partial charge in [-0.25, -0.2) is 13.8 Å². The van der Waals surface area contributed by atoms with E-state index in [-0.39, 0.29) is 23.4 Å². The molecule has 1 aliphatic carbocycles. The summed E-state index contributed by atoms with van der Waals surface area (Å²) in [4.78, 5) is 18.2. The van der Waals surface area contributed by atoms with Crippen molar-refractivity contribution in [3.63, 3.8) is 0 Å². The number of aromatic amines is 1. The van der Waals surface area contributed by atoms with E-state index in [0.717, 1.165) is 0 Å². The van der Waals surface area contributed by atoms with Crippen molar-refractivity contribution in [2.75, 3.05) is 17.3 Å². The smallest absolute Gasteiger partial charge is 0.231 e. The molecule has 32 heavy (non-hydrogen) atoms. The topological polar surface area (TPSA) is 78.3 Å². The van der Waals surface area contributed by atoms with Crippen molar-refractivity contribution < 1.29 is 13.6 Å². The van der Waals surface area contributed by atoms with Crippen LogP contribution in [0.5, 0.6) is 0 Å². The second-order valence-corrected chi connectivity index (χ2v) is 8.75. The summed E-state index contributed by atoms with van der Waals surface area (Å²) in [6.45, 7) is 3.92. The number of hydrogen-bond acceptors (Lipinski definition) is 4. The minimum atomic E-state index is -1.08. The largest absolute Gasteiger partial charge is 0.368 e. The van der Waals surface area contributed by atoms with Crippen LogP contribution in [0.15, 0.2) is 30.7 Å². The normalized spacial score (nSPS) is 18.0. The first-order valence-electron chi connectivity index (χ1n) is 10.3. The third-order valence-corrected chi connectivity index (χ3v) is 6.29. The van der Waals surface area contributed by atoms with Gasteiger partial charge >= 0.3 is 0 Å². The van der Waals surface area contributed by atoms with Crippen molar-refractivity contribution in [2.45, 2.75) is 32.5 Å². The Morgan fingerprint density at radius 3 is 2.81 bits per heavy atom. The van der Waals surface area contributed by atoms with Gasteiger partial charge in [0.2, 0.25) is 5.91 Å². The number of hydrogen-bond donors (Lipinski definition) is 2. The molecule has 1 saturated carbocycles. The van der Waals surface area contributed by atoms with Gasteiger partial charge < -0.3 is 14.6 Å². The highest BCUT2D eigenvalue weighted by molar-refractivity contribution is 6.36. The summed E-state index contributed by atoms with van der Waals surface area (Å²) in [6, 6.07) is 3.58. The number of nitrogens with zero attached hydrogens (tertiary/aromatic N) is 4. The average Bonchev–Trinajstić information content (AvgIpc) is 3.11. The van der Waals surface area contributed by atoms with E-state index in [1.54, 1.807) is 47.1 Å². The maximum atomic E-state index is 15.4. The van der Waals surface area contributed by atoms with Crippen molar-refractivity contribution in [3.05, 3.63) is 41.6 Å². The van der Waals surface area contributed by atoms with Gasteiger partial charge in [-0.15, -0.1) is 0 Å². The van der Waals surface area contributed by atoms with Gasteiger partial charge in [0.05, 0.1) is 28.9 Å². The molecule has 0 spiro atoms. The molecule has 4 aromatic rings. The Morgan fingerprint density at radius 2 is 2.12 bits per heavy atom. The Bertz CT molecular complexity index is 1360. The number of benzene rings is 1. The fourth-order valence-electron chi connectivity index (χ4n) is 3.82. The summed E-state index contributed by atoms with van der Waals surface area (Å²) in [5.41, 5.74) is 2.66. The van der Waals surface area contributed by atoms with Crippen molar-refractivity contribution in [2.24, 2.45) is 5.92 Å². The zero-order valence-corrected chi connectivity index (χ0v) is 18.4. The Labute approximate surface area is 187 Å². The standard InChI is InChI=1S/C22H21ClF2N6O/c1-10(2)30(3)21-19(25)18(23)17(13-7-26-29-20(13)21)11-4-5-16-27-15(9-31(16)8-11)28-22(32)12-6-14(12)24/h4-5,7-10,12,14H,6H2,1-3H3,(H,26,29)(H,28,32)/t12-,14+/m1/s1. The highest BCUT2D eigenvalue weighted by Gasteiger charge is 2.43. The summed E-state index contributed by atoms with van der Waals surface area (Å²) in [7, 11) is 1.81. The summed E-state index contributed by atoms with van der Waals surface area (Å²) in [5, 5.41) is 10.4. The third-order valence-electron chi connectivity index (χ3n) is 5.93. The molecule has 3 aromatic heterocycles. The quantitative estimate of drug-likeness (QED) is 0.450. The number of carbonyl (C=O) groups is 1. The van der Waals surface area contributed by atoms with Crippen LogP contribution in [0, 0.1) is 11.7 Å². The molecule has 1 aliphatic rings. The van der Waals surface area contributed by atoms with E-state index in [1.807, 2.05) is 13.8 Å². The molecule has 0 bridgehead atoms. The highest BCUT2D eigenvalue weighted by atomic mass is 35.5. The number of aromatic nitrogens is 4. The Kier molecular flexibility index (Phi) is 4.81. The van der Waals surface area contributed by atoms with Gasteiger partial charge in [-0.2, -0.15) is 5.10 Å². The molecule has 1 amide bonds. The van der Waals surface area contributed by atoms with E-state index in [1.165, 1.54) is 0 Å². The van der Waals surface area contributed by atoms with Crippen LogP contribution in [-0.4, -0.2) is 44.8 Å². The van der Waals surface area contributed by atoms with Crippen molar-refractivity contribution in [1.82, 2.24) is 19.6 Å². The summed E-state index contributed by atoms with van der Waals surface area (Å²) in [5.74, 6) is -1.19. The molecule has 1 fully saturated rings. The lowest BCUT2D eigenvalue weighted by atomic mass is 10.0. The van der Waals surface area contributed by atoms with Crippen LogP contribution in [0.4, 0.5) is 20.3 Å².